The fourth-order valence-electron chi connectivity index (χ4n) is 2.47. The number of ether oxygens (including phenoxy) is 1. The molecular formula is C14H15ClFNO2. The minimum Gasteiger partial charge on any atom is -0.374 e. The van der Waals surface area contributed by atoms with Crippen molar-refractivity contribution >= 4 is 17.5 Å². The molecule has 102 valence electrons. The van der Waals surface area contributed by atoms with Crippen LogP contribution >= 0.6 is 11.6 Å². The van der Waals surface area contributed by atoms with E-state index < -0.39 is 5.82 Å². The lowest BCUT2D eigenvalue weighted by Crippen LogP contribution is -2.46. The van der Waals surface area contributed by atoms with E-state index in [9.17, 15) is 9.18 Å². The molecule has 1 saturated carbocycles. The van der Waals surface area contributed by atoms with Gasteiger partial charge in [0.2, 0.25) is 0 Å². The molecule has 1 aromatic rings. The van der Waals surface area contributed by atoms with Gasteiger partial charge in [-0.25, -0.2) is 4.39 Å². The van der Waals surface area contributed by atoms with Crippen molar-refractivity contribution in [3.05, 3.63) is 34.6 Å². The zero-order valence-electron chi connectivity index (χ0n) is 10.4. The lowest BCUT2D eigenvalue weighted by molar-refractivity contribution is -0.0313. The van der Waals surface area contributed by atoms with E-state index in [4.69, 9.17) is 16.3 Å². The Morgan fingerprint density at radius 3 is 2.84 bits per heavy atom. The van der Waals surface area contributed by atoms with Crippen LogP contribution in [0.1, 0.15) is 23.2 Å². The van der Waals surface area contributed by atoms with Crippen LogP contribution in [0, 0.1) is 11.7 Å². The maximum absolute atomic E-state index is 13.3. The molecule has 1 amide bonds. The molecule has 2 aliphatic rings. The Hall–Kier alpha value is -1.13. The first-order valence-corrected chi connectivity index (χ1v) is 6.88. The number of hydrogen-bond acceptors (Lipinski definition) is 2. The average Bonchev–Trinajstić information content (AvgIpc) is 3.21. The highest BCUT2D eigenvalue weighted by Gasteiger charge is 2.36. The average molecular weight is 284 g/mol. The van der Waals surface area contributed by atoms with Crippen LogP contribution in [0.5, 0.6) is 0 Å². The molecule has 2 fully saturated rings. The molecule has 1 heterocycles. The van der Waals surface area contributed by atoms with Gasteiger partial charge in [0.15, 0.2) is 0 Å². The second-order valence-electron chi connectivity index (χ2n) is 5.16. The zero-order valence-corrected chi connectivity index (χ0v) is 11.2. The molecule has 3 nitrogen and oxygen atoms in total. The predicted octanol–water partition coefficient (Wildman–Crippen LogP) is 2.73. The third kappa shape index (κ3) is 2.90. The van der Waals surface area contributed by atoms with Crippen LogP contribution in [-0.4, -0.2) is 36.6 Å². The Balaban J connectivity index is 1.75. The van der Waals surface area contributed by atoms with Gasteiger partial charge in [-0.3, -0.25) is 4.79 Å². The monoisotopic (exact) mass is 283 g/mol. The summed E-state index contributed by atoms with van der Waals surface area (Å²) >= 11 is 5.79. The van der Waals surface area contributed by atoms with Crippen LogP contribution in [0.25, 0.3) is 0 Å². The van der Waals surface area contributed by atoms with Crippen LogP contribution in [0.4, 0.5) is 4.39 Å². The number of amides is 1. The largest absolute Gasteiger partial charge is 0.374 e. The number of carbonyl (C=O) groups is 1. The highest BCUT2D eigenvalue weighted by molar-refractivity contribution is 6.31. The summed E-state index contributed by atoms with van der Waals surface area (Å²) in [5, 5.41) is 0.246. The van der Waals surface area contributed by atoms with E-state index in [-0.39, 0.29) is 17.0 Å². The third-order valence-electron chi connectivity index (χ3n) is 3.64. The summed E-state index contributed by atoms with van der Waals surface area (Å²) in [6, 6.07) is 3.94. The number of rotatable bonds is 2. The molecule has 0 aromatic heterocycles. The molecule has 19 heavy (non-hydrogen) atoms. The molecule has 1 saturated heterocycles. The first-order valence-electron chi connectivity index (χ1n) is 6.50. The van der Waals surface area contributed by atoms with Gasteiger partial charge in [-0.05, 0) is 37.0 Å². The first kappa shape index (κ1) is 12.9. The van der Waals surface area contributed by atoms with Gasteiger partial charge < -0.3 is 9.64 Å². The van der Waals surface area contributed by atoms with Crippen molar-refractivity contribution in [3.63, 3.8) is 0 Å². The van der Waals surface area contributed by atoms with Gasteiger partial charge in [0.25, 0.3) is 5.91 Å². The summed E-state index contributed by atoms with van der Waals surface area (Å²) in [7, 11) is 0. The number of morpholine rings is 1. The molecule has 1 atom stereocenters. The van der Waals surface area contributed by atoms with Gasteiger partial charge >= 0.3 is 0 Å². The molecule has 0 unspecified atom stereocenters. The Labute approximate surface area is 116 Å². The summed E-state index contributed by atoms with van der Waals surface area (Å²) in [4.78, 5) is 14.1. The van der Waals surface area contributed by atoms with Crippen molar-refractivity contribution < 1.29 is 13.9 Å². The van der Waals surface area contributed by atoms with E-state index >= 15 is 0 Å². The van der Waals surface area contributed by atoms with E-state index in [1.807, 2.05) is 0 Å². The molecule has 5 heteroatoms. The van der Waals surface area contributed by atoms with Crippen LogP contribution in [0.15, 0.2) is 18.2 Å². The number of benzene rings is 1. The van der Waals surface area contributed by atoms with E-state index in [1.54, 1.807) is 4.90 Å². The standard InChI is InChI=1S/C14H15ClFNO2/c15-11-5-10(6-12(16)7-11)14(18)17-3-4-19-13(8-17)9-1-2-9/h5-7,9,13H,1-4,8H2/t13-/m0/s1. The van der Waals surface area contributed by atoms with Gasteiger partial charge in [-0.1, -0.05) is 11.6 Å². The lowest BCUT2D eigenvalue weighted by atomic mass is 10.1. The van der Waals surface area contributed by atoms with Gasteiger partial charge in [-0.15, -0.1) is 0 Å². The summed E-state index contributed by atoms with van der Waals surface area (Å²) in [5.41, 5.74) is 0.307. The van der Waals surface area contributed by atoms with Crippen LogP contribution < -0.4 is 0 Å². The van der Waals surface area contributed by atoms with E-state index in [2.05, 4.69) is 0 Å². The van der Waals surface area contributed by atoms with Gasteiger partial charge in [0, 0.05) is 23.7 Å². The molecular weight excluding hydrogens is 269 g/mol. The molecule has 1 aliphatic carbocycles. The first-order chi connectivity index (χ1) is 9.13. The number of halogens is 2. The lowest BCUT2D eigenvalue weighted by Gasteiger charge is -2.33. The molecule has 1 aromatic carbocycles. The van der Waals surface area contributed by atoms with Gasteiger partial charge in [0.05, 0.1) is 12.7 Å². The second-order valence-corrected chi connectivity index (χ2v) is 5.59. The Kier molecular flexibility index (Phi) is 3.46. The highest BCUT2D eigenvalue weighted by atomic mass is 35.5. The molecule has 3 rings (SSSR count). The molecule has 0 N–H and O–H groups in total. The number of carbonyl (C=O) groups excluding carboxylic acids is 1. The fraction of sp³-hybridized carbons (Fsp3) is 0.500. The second kappa shape index (κ2) is 5.10. The Morgan fingerprint density at radius 1 is 1.37 bits per heavy atom. The maximum Gasteiger partial charge on any atom is 0.254 e. The summed E-state index contributed by atoms with van der Waals surface area (Å²) < 4.78 is 19.0. The summed E-state index contributed by atoms with van der Waals surface area (Å²) in [6.07, 6.45) is 2.50. The highest BCUT2D eigenvalue weighted by Crippen LogP contribution is 2.35. The van der Waals surface area contributed by atoms with E-state index in [0.717, 1.165) is 0 Å². The smallest absolute Gasteiger partial charge is 0.254 e. The Bertz CT molecular complexity index is 484. The van der Waals surface area contributed by atoms with Crippen molar-refractivity contribution in [2.45, 2.75) is 18.9 Å². The van der Waals surface area contributed by atoms with Crippen molar-refractivity contribution in [3.8, 4) is 0 Å². The number of hydrogen-bond donors (Lipinski definition) is 0. The topological polar surface area (TPSA) is 29.5 Å². The predicted molar refractivity (Wildman–Crippen MR) is 69.8 cm³/mol. The van der Waals surface area contributed by atoms with Crippen molar-refractivity contribution in [1.82, 2.24) is 4.90 Å². The van der Waals surface area contributed by atoms with Gasteiger partial charge in [-0.2, -0.15) is 0 Å². The van der Waals surface area contributed by atoms with Crippen molar-refractivity contribution in [2.24, 2.45) is 5.92 Å². The summed E-state index contributed by atoms with van der Waals surface area (Å²) in [6.45, 7) is 1.70. The van der Waals surface area contributed by atoms with E-state index in [1.165, 1.54) is 31.0 Å². The van der Waals surface area contributed by atoms with E-state index in [0.29, 0.717) is 31.2 Å². The van der Waals surface area contributed by atoms with Crippen molar-refractivity contribution in [2.75, 3.05) is 19.7 Å². The summed E-state index contributed by atoms with van der Waals surface area (Å²) in [5.74, 6) is -0.0649. The maximum atomic E-state index is 13.3. The van der Waals surface area contributed by atoms with Crippen LogP contribution in [0.2, 0.25) is 5.02 Å². The minimum absolute atomic E-state index is 0.140. The normalized spacial score (nSPS) is 23.5. The third-order valence-corrected chi connectivity index (χ3v) is 3.86. The molecule has 1 aliphatic heterocycles. The van der Waals surface area contributed by atoms with Crippen LogP contribution in [0.3, 0.4) is 0 Å². The minimum atomic E-state index is -0.483. The SMILES string of the molecule is O=C(c1cc(F)cc(Cl)c1)N1CCO[C@H](C2CC2)C1. The van der Waals surface area contributed by atoms with Crippen LogP contribution in [-0.2, 0) is 4.74 Å². The Morgan fingerprint density at radius 2 is 2.16 bits per heavy atom. The molecule has 0 spiro atoms. The quantitative estimate of drug-likeness (QED) is 0.835. The molecule has 0 radical (unpaired) electrons. The fourth-order valence-corrected chi connectivity index (χ4v) is 2.69. The van der Waals surface area contributed by atoms with Gasteiger partial charge in [0.1, 0.15) is 5.82 Å². The van der Waals surface area contributed by atoms with Crippen molar-refractivity contribution in [1.29, 1.82) is 0 Å². The number of nitrogens with zero attached hydrogens (tertiary/aromatic N) is 1. The molecule has 0 bridgehead atoms. The zero-order chi connectivity index (χ0) is 13.4.